The van der Waals surface area contributed by atoms with Gasteiger partial charge in [0.2, 0.25) is 11.8 Å². The van der Waals surface area contributed by atoms with Crippen molar-refractivity contribution in [2.24, 2.45) is 0 Å². The van der Waals surface area contributed by atoms with Crippen LogP contribution in [0.2, 0.25) is 0 Å². The van der Waals surface area contributed by atoms with Gasteiger partial charge >= 0.3 is 0 Å². The fourth-order valence-electron chi connectivity index (χ4n) is 3.57. The average molecular weight is 359 g/mol. The fourth-order valence-corrected chi connectivity index (χ4v) is 3.57. The second-order valence-corrected chi connectivity index (χ2v) is 6.69. The van der Waals surface area contributed by atoms with Crippen LogP contribution in [0.3, 0.4) is 0 Å². The summed E-state index contributed by atoms with van der Waals surface area (Å²) in [5, 5.41) is 8.37. The molecule has 136 valence electrons. The molecule has 0 radical (unpaired) electrons. The molecule has 1 heterocycles. The summed E-state index contributed by atoms with van der Waals surface area (Å²) in [6.07, 6.45) is 0.812. The molecule has 0 fully saturated rings. The van der Waals surface area contributed by atoms with E-state index in [0.29, 0.717) is 6.54 Å². The Hall–Kier alpha value is -3.34. The molecule has 0 saturated heterocycles. The van der Waals surface area contributed by atoms with Gasteiger partial charge in [-0.25, -0.2) is 0 Å². The Morgan fingerprint density at radius 2 is 1.85 bits per heavy atom. The third-order valence-electron chi connectivity index (χ3n) is 4.87. The number of carbonyl (C=O) groups excluding carboxylic acids is 2. The first-order valence-corrected chi connectivity index (χ1v) is 9.04. The molecule has 3 aromatic carbocycles. The molecule has 4 rings (SSSR count). The normalized spacial score (nSPS) is 12.7. The zero-order chi connectivity index (χ0) is 18.8. The van der Waals surface area contributed by atoms with E-state index in [9.17, 15) is 9.59 Å². The lowest BCUT2D eigenvalue weighted by Crippen LogP contribution is -2.25. The van der Waals surface area contributed by atoms with Gasteiger partial charge in [0.15, 0.2) is 0 Å². The lowest BCUT2D eigenvalue weighted by molar-refractivity contribution is -0.116. The van der Waals surface area contributed by atoms with Gasteiger partial charge in [-0.05, 0) is 41.6 Å². The smallest absolute Gasteiger partial charge is 0.243 e. The molecule has 3 aromatic rings. The van der Waals surface area contributed by atoms with E-state index in [1.165, 1.54) is 0 Å². The number of rotatable bonds is 4. The Bertz CT molecular complexity index is 1020. The number of hydrogen-bond acceptors (Lipinski definition) is 3. The van der Waals surface area contributed by atoms with Gasteiger partial charge in [-0.2, -0.15) is 0 Å². The number of hydrogen-bond donors (Lipinski definition) is 2. The van der Waals surface area contributed by atoms with Crippen molar-refractivity contribution in [1.82, 2.24) is 0 Å². The fraction of sp³-hybridized carbons (Fsp3) is 0.182. The Balaban J connectivity index is 1.42. The van der Waals surface area contributed by atoms with Gasteiger partial charge in [0.25, 0.3) is 0 Å². The van der Waals surface area contributed by atoms with Crippen LogP contribution in [0.4, 0.5) is 17.1 Å². The van der Waals surface area contributed by atoms with Crippen LogP contribution in [-0.4, -0.2) is 24.9 Å². The van der Waals surface area contributed by atoms with E-state index in [0.717, 1.165) is 39.8 Å². The number of anilines is 3. The summed E-state index contributed by atoms with van der Waals surface area (Å²) in [4.78, 5) is 25.8. The molecular weight excluding hydrogens is 338 g/mol. The SMILES string of the molecule is CC(=O)N1CCc2cc(NC(=O)CNc3cccc4ccccc34)ccc21. The van der Waals surface area contributed by atoms with Crippen LogP contribution in [0.1, 0.15) is 12.5 Å². The summed E-state index contributed by atoms with van der Waals surface area (Å²) in [5.41, 5.74) is 3.72. The van der Waals surface area contributed by atoms with Crippen molar-refractivity contribution in [3.63, 3.8) is 0 Å². The van der Waals surface area contributed by atoms with Gasteiger partial charge in [0.1, 0.15) is 0 Å². The lowest BCUT2D eigenvalue weighted by Gasteiger charge is -2.15. The Labute approximate surface area is 158 Å². The second-order valence-electron chi connectivity index (χ2n) is 6.69. The molecule has 0 aliphatic carbocycles. The van der Waals surface area contributed by atoms with Gasteiger partial charge in [0, 0.05) is 35.9 Å². The number of carbonyl (C=O) groups is 2. The molecule has 5 heteroatoms. The minimum absolute atomic E-state index is 0.0461. The highest BCUT2D eigenvalue weighted by atomic mass is 16.2. The van der Waals surface area contributed by atoms with E-state index < -0.39 is 0 Å². The van der Waals surface area contributed by atoms with Gasteiger partial charge in [0.05, 0.1) is 6.54 Å². The van der Waals surface area contributed by atoms with E-state index in [4.69, 9.17) is 0 Å². The van der Waals surface area contributed by atoms with Crippen molar-refractivity contribution in [3.8, 4) is 0 Å². The van der Waals surface area contributed by atoms with Gasteiger partial charge in [-0.3, -0.25) is 9.59 Å². The first-order chi connectivity index (χ1) is 13.1. The topological polar surface area (TPSA) is 61.4 Å². The molecular formula is C22H21N3O2. The van der Waals surface area contributed by atoms with E-state index in [2.05, 4.69) is 22.8 Å². The molecule has 0 aromatic heterocycles. The third kappa shape index (κ3) is 3.49. The van der Waals surface area contributed by atoms with Crippen LogP contribution in [0.15, 0.2) is 60.7 Å². The molecule has 0 saturated carbocycles. The summed E-state index contributed by atoms with van der Waals surface area (Å²) < 4.78 is 0. The number of benzene rings is 3. The highest BCUT2D eigenvalue weighted by molar-refractivity contribution is 5.99. The van der Waals surface area contributed by atoms with E-state index in [1.54, 1.807) is 11.8 Å². The monoisotopic (exact) mass is 359 g/mol. The summed E-state index contributed by atoms with van der Waals surface area (Å²) in [5.74, 6) is -0.0610. The summed E-state index contributed by atoms with van der Waals surface area (Å²) >= 11 is 0. The van der Waals surface area contributed by atoms with E-state index >= 15 is 0 Å². The molecule has 0 unspecified atom stereocenters. The minimum atomic E-state index is -0.107. The summed E-state index contributed by atoms with van der Waals surface area (Å²) in [6, 6.07) is 19.8. The Morgan fingerprint density at radius 3 is 2.70 bits per heavy atom. The van der Waals surface area contributed by atoms with E-state index in [-0.39, 0.29) is 18.4 Å². The number of nitrogens with zero attached hydrogens (tertiary/aromatic N) is 1. The summed E-state index contributed by atoms with van der Waals surface area (Å²) in [7, 11) is 0. The second kappa shape index (κ2) is 7.11. The molecule has 2 amide bonds. The van der Waals surface area contributed by atoms with Crippen LogP contribution in [-0.2, 0) is 16.0 Å². The predicted molar refractivity (Wildman–Crippen MR) is 109 cm³/mol. The lowest BCUT2D eigenvalue weighted by atomic mass is 10.1. The number of amides is 2. The quantitative estimate of drug-likeness (QED) is 0.745. The number of nitrogens with one attached hydrogen (secondary N) is 2. The van der Waals surface area contributed by atoms with Crippen LogP contribution in [0.5, 0.6) is 0 Å². The summed E-state index contributed by atoms with van der Waals surface area (Å²) in [6.45, 7) is 2.46. The van der Waals surface area contributed by atoms with Crippen LogP contribution < -0.4 is 15.5 Å². The average Bonchev–Trinajstić information content (AvgIpc) is 3.10. The van der Waals surface area contributed by atoms with Gasteiger partial charge in [-0.15, -0.1) is 0 Å². The van der Waals surface area contributed by atoms with Gasteiger partial charge in [-0.1, -0.05) is 36.4 Å². The molecule has 1 aliphatic heterocycles. The minimum Gasteiger partial charge on any atom is -0.376 e. The van der Waals surface area contributed by atoms with Gasteiger partial charge < -0.3 is 15.5 Å². The molecule has 0 bridgehead atoms. The maximum atomic E-state index is 12.4. The Morgan fingerprint density at radius 1 is 1.04 bits per heavy atom. The zero-order valence-electron chi connectivity index (χ0n) is 15.2. The van der Waals surface area contributed by atoms with E-state index in [1.807, 2.05) is 48.5 Å². The van der Waals surface area contributed by atoms with Crippen LogP contribution >= 0.6 is 0 Å². The Kier molecular flexibility index (Phi) is 4.50. The maximum absolute atomic E-state index is 12.4. The van der Waals surface area contributed by atoms with Crippen molar-refractivity contribution in [2.45, 2.75) is 13.3 Å². The molecule has 27 heavy (non-hydrogen) atoms. The van der Waals surface area contributed by atoms with Crippen molar-refractivity contribution in [3.05, 3.63) is 66.2 Å². The number of fused-ring (bicyclic) bond motifs is 2. The molecule has 0 spiro atoms. The zero-order valence-corrected chi connectivity index (χ0v) is 15.2. The van der Waals surface area contributed by atoms with Crippen molar-refractivity contribution >= 4 is 39.6 Å². The largest absolute Gasteiger partial charge is 0.376 e. The van der Waals surface area contributed by atoms with Crippen LogP contribution in [0.25, 0.3) is 10.8 Å². The third-order valence-corrected chi connectivity index (χ3v) is 4.87. The predicted octanol–water partition coefficient (Wildman–Crippen LogP) is 3.80. The standard InChI is InChI=1S/C22H21N3O2/c1-15(26)25-12-11-17-13-18(9-10-21(17)25)24-22(27)14-23-20-8-4-6-16-5-2-3-7-19(16)20/h2-10,13,23H,11-12,14H2,1H3,(H,24,27). The van der Waals surface area contributed by atoms with Crippen molar-refractivity contribution in [1.29, 1.82) is 0 Å². The highest BCUT2D eigenvalue weighted by Crippen LogP contribution is 2.30. The molecule has 5 nitrogen and oxygen atoms in total. The highest BCUT2D eigenvalue weighted by Gasteiger charge is 2.22. The molecule has 1 aliphatic rings. The maximum Gasteiger partial charge on any atom is 0.243 e. The molecule has 2 N–H and O–H groups in total. The van der Waals surface area contributed by atoms with Crippen molar-refractivity contribution < 1.29 is 9.59 Å². The first-order valence-electron chi connectivity index (χ1n) is 9.04. The van der Waals surface area contributed by atoms with Crippen molar-refractivity contribution in [2.75, 3.05) is 28.6 Å². The molecule has 0 atom stereocenters. The van der Waals surface area contributed by atoms with Crippen LogP contribution in [0, 0.1) is 0 Å². The first kappa shape index (κ1) is 17.1.